The highest BCUT2D eigenvalue weighted by Gasteiger charge is 2.25. The third-order valence-corrected chi connectivity index (χ3v) is 4.72. The first-order chi connectivity index (χ1) is 11.1. The number of aliphatic hydroxyl groups excluding tert-OH is 1. The molecule has 1 unspecified atom stereocenters. The molecular formula is C17H23N3O3. The summed E-state index contributed by atoms with van der Waals surface area (Å²) in [5.74, 6) is 0.161. The monoisotopic (exact) mass is 317 g/mol. The van der Waals surface area contributed by atoms with E-state index < -0.39 is 0 Å². The number of aliphatic hydroxyl groups is 1. The topological polar surface area (TPSA) is 72.9 Å². The Hall–Kier alpha value is -2.08. The third-order valence-electron chi connectivity index (χ3n) is 4.72. The maximum absolute atomic E-state index is 12.4. The second-order valence-electron chi connectivity index (χ2n) is 6.42. The number of fused-ring (bicyclic) bond motifs is 1. The number of carbonyl (C=O) groups is 2. The molecular weight excluding hydrogens is 294 g/mol. The summed E-state index contributed by atoms with van der Waals surface area (Å²) in [6.45, 7) is 2.13. The highest BCUT2D eigenvalue weighted by Crippen LogP contribution is 2.23. The van der Waals surface area contributed by atoms with E-state index >= 15 is 0 Å². The zero-order valence-corrected chi connectivity index (χ0v) is 13.4. The lowest BCUT2D eigenvalue weighted by atomic mass is 9.98. The molecule has 2 aliphatic rings. The predicted molar refractivity (Wildman–Crippen MR) is 87.5 cm³/mol. The maximum Gasteiger partial charge on any atom is 0.321 e. The number of likely N-dealkylation sites (tertiary alicyclic amines) is 1. The van der Waals surface area contributed by atoms with Crippen LogP contribution in [0.5, 0.6) is 0 Å². The van der Waals surface area contributed by atoms with Crippen molar-refractivity contribution in [1.82, 2.24) is 9.80 Å². The first kappa shape index (κ1) is 15.8. The molecule has 0 saturated carbocycles. The highest BCUT2D eigenvalue weighted by molar-refractivity contribution is 5.99. The molecule has 6 heteroatoms. The molecule has 1 aromatic rings. The zero-order chi connectivity index (χ0) is 16.4. The van der Waals surface area contributed by atoms with Crippen LogP contribution >= 0.6 is 0 Å². The van der Waals surface area contributed by atoms with Crippen LogP contribution < -0.4 is 5.32 Å². The van der Waals surface area contributed by atoms with Gasteiger partial charge in [0.15, 0.2) is 0 Å². The van der Waals surface area contributed by atoms with E-state index in [9.17, 15) is 14.7 Å². The number of benzene rings is 1. The SMILES string of the molecule is CN1CCc2ccc(NC(=O)N3CCCC(CO)C3)cc2C1=O. The molecule has 23 heavy (non-hydrogen) atoms. The molecule has 0 aliphatic carbocycles. The summed E-state index contributed by atoms with van der Waals surface area (Å²) in [5.41, 5.74) is 2.34. The van der Waals surface area contributed by atoms with Gasteiger partial charge >= 0.3 is 6.03 Å². The number of rotatable bonds is 2. The Morgan fingerprint density at radius 3 is 3.00 bits per heavy atom. The quantitative estimate of drug-likeness (QED) is 0.869. The van der Waals surface area contributed by atoms with Crippen LogP contribution in [-0.2, 0) is 6.42 Å². The van der Waals surface area contributed by atoms with Gasteiger partial charge < -0.3 is 20.2 Å². The van der Waals surface area contributed by atoms with Crippen molar-refractivity contribution < 1.29 is 14.7 Å². The van der Waals surface area contributed by atoms with Crippen molar-refractivity contribution in [2.45, 2.75) is 19.3 Å². The summed E-state index contributed by atoms with van der Waals surface area (Å²) in [6, 6.07) is 5.36. The average molecular weight is 317 g/mol. The van der Waals surface area contributed by atoms with Crippen molar-refractivity contribution in [3.05, 3.63) is 29.3 Å². The molecule has 1 atom stereocenters. The second-order valence-corrected chi connectivity index (χ2v) is 6.42. The van der Waals surface area contributed by atoms with Gasteiger partial charge in [0.05, 0.1) is 0 Å². The summed E-state index contributed by atoms with van der Waals surface area (Å²) >= 11 is 0. The Morgan fingerprint density at radius 2 is 2.22 bits per heavy atom. The van der Waals surface area contributed by atoms with Gasteiger partial charge in [-0.05, 0) is 42.9 Å². The second kappa shape index (κ2) is 6.58. The minimum absolute atomic E-state index is 0.000617. The molecule has 0 spiro atoms. The third kappa shape index (κ3) is 3.32. The summed E-state index contributed by atoms with van der Waals surface area (Å²) in [5, 5.41) is 12.1. The fraction of sp³-hybridized carbons (Fsp3) is 0.529. The van der Waals surface area contributed by atoms with E-state index in [0.717, 1.165) is 31.4 Å². The zero-order valence-electron chi connectivity index (χ0n) is 13.4. The highest BCUT2D eigenvalue weighted by atomic mass is 16.3. The Kier molecular flexibility index (Phi) is 4.52. The van der Waals surface area contributed by atoms with Crippen LogP contribution in [0.3, 0.4) is 0 Å². The fourth-order valence-corrected chi connectivity index (χ4v) is 3.27. The van der Waals surface area contributed by atoms with E-state index in [0.29, 0.717) is 24.3 Å². The van der Waals surface area contributed by atoms with E-state index in [-0.39, 0.29) is 24.5 Å². The van der Waals surface area contributed by atoms with Crippen LogP contribution in [0.25, 0.3) is 0 Å². The number of hydrogen-bond acceptors (Lipinski definition) is 3. The number of urea groups is 1. The Bertz CT molecular complexity index is 617. The number of amides is 3. The molecule has 1 aromatic carbocycles. The minimum atomic E-state index is -0.167. The molecule has 0 aromatic heterocycles. The van der Waals surface area contributed by atoms with E-state index in [4.69, 9.17) is 0 Å². The van der Waals surface area contributed by atoms with Gasteiger partial charge in [-0.25, -0.2) is 4.79 Å². The Morgan fingerprint density at radius 1 is 1.39 bits per heavy atom. The first-order valence-corrected chi connectivity index (χ1v) is 8.13. The molecule has 1 saturated heterocycles. The molecule has 3 amide bonds. The lowest BCUT2D eigenvalue weighted by Gasteiger charge is -2.32. The molecule has 0 radical (unpaired) electrons. The van der Waals surface area contributed by atoms with E-state index in [1.54, 1.807) is 22.9 Å². The van der Waals surface area contributed by atoms with Gasteiger partial charge in [-0.15, -0.1) is 0 Å². The van der Waals surface area contributed by atoms with Gasteiger partial charge in [-0.2, -0.15) is 0 Å². The summed E-state index contributed by atoms with van der Waals surface area (Å²) < 4.78 is 0. The van der Waals surface area contributed by atoms with Gasteiger partial charge in [0, 0.05) is 44.5 Å². The van der Waals surface area contributed by atoms with Crippen molar-refractivity contribution in [2.24, 2.45) is 5.92 Å². The van der Waals surface area contributed by atoms with Gasteiger partial charge in [-0.1, -0.05) is 6.07 Å². The number of nitrogens with one attached hydrogen (secondary N) is 1. The Balaban J connectivity index is 1.71. The molecule has 124 valence electrons. The van der Waals surface area contributed by atoms with Crippen LogP contribution in [0.4, 0.5) is 10.5 Å². The van der Waals surface area contributed by atoms with Crippen molar-refractivity contribution in [2.75, 3.05) is 38.6 Å². The molecule has 3 rings (SSSR count). The van der Waals surface area contributed by atoms with E-state index in [2.05, 4.69) is 5.32 Å². The first-order valence-electron chi connectivity index (χ1n) is 8.13. The summed E-state index contributed by atoms with van der Waals surface area (Å²) in [6.07, 6.45) is 2.71. The van der Waals surface area contributed by atoms with Crippen molar-refractivity contribution >= 4 is 17.6 Å². The number of carbonyl (C=O) groups excluding carboxylic acids is 2. The van der Waals surface area contributed by atoms with Crippen molar-refractivity contribution in [3.8, 4) is 0 Å². The van der Waals surface area contributed by atoms with E-state index in [1.807, 2.05) is 12.1 Å². The predicted octanol–water partition coefficient (Wildman–Crippen LogP) is 1.55. The van der Waals surface area contributed by atoms with E-state index in [1.165, 1.54) is 0 Å². The van der Waals surface area contributed by atoms with Crippen molar-refractivity contribution in [3.63, 3.8) is 0 Å². The van der Waals surface area contributed by atoms with Gasteiger partial charge in [-0.3, -0.25) is 4.79 Å². The standard InChI is InChI=1S/C17H23N3O3/c1-19-8-6-13-4-5-14(9-15(13)16(19)22)18-17(23)20-7-2-3-12(10-20)11-21/h4-5,9,12,21H,2-3,6-8,10-11H2,1H3,(H,18,23). The Labute approximate surface area is 136 Å². The van der Waals surface area contributed by atoms with Crippen molar-refractivity contribution in [1.29, 1.82) is 0 Å². The minimum Gasteiger partial charge on any atom is -0.396 e. The number of nitrogens with zero attached hydrogens (tertiary/aromatic N) is 2. The van der Waals surface area contributed by atoms with Crippen LogP contribution in [0.15, 0.2) is 18.2 Å². The van der Waals surface area contributed by atoms with Crippen LogP contribution in [0.2, 0.25) is 0 Å². The number of piperidine rings is 1. The largest absolute Gasteiger partial charge is 0.396 e. The number of likely N-dealkylation sites (N-methyl/N-ethyl adjacent to an activating group) is 1. The van der Waals surface area contributed by atoms with Crippen LogP contribution in [-0.4, -0.2) is 60.1 Å². The summed E-state index contributed by atoms with van der Waals surface area (Å²) in [4.78, 5) is 28.0. The molecule has 1 fully saturated rings. The average Bonchev–Trinajstić information content (AvgIpc) is 2.58. The fourth-order valence-electron chi connectivity index (χ4n) is 3.27. The lowest BCUT2D eigenvalue weighted by Crippen LogP contribution is -2.43. The van der Waals surface area contributed by atoms with Crippen LogP contribution in [0, 0.1) is 5.92 Å². The molecule has 0 bridgehead atoms. The molecule has 2 aliphatic heterocycles. The normalized spacial score (nSPS) is 21.1. The van der Waals surface area contributed by atoms with Crippen LogP contribution in [0.1, 0.15) is 28.8 Å². The van der Waals surface area contributed by atoms with Gasteiger partial charge in [0.25, 0.3) is 5.91 Å². The lowest BCUT2D eigenvalue weighted by molar-refractivity contribution is 0.0781. The molecule has 2 heterocycles. The number of hydrogen-bond donors (Lipinski definition) is 2. The number of anilines is 1. The van der Waals surface area contributed by atoms with Gasteiger partial charge in [0.2, 0.25) is 0 Å². The van der Waals surface area contributed by atoms with Gasteiger partial charge in [0.1, 0.15) is 0 Å². The maximum atomic E-state index is 12.4. The smallest absolute Gasteiger partial charge is 0.321 e. The molecule has 2 N–H and O–H groups in total. The summed E-state index contributed by atoms with van der Waals surface area (Å²) in [7, 11) is 1.79. The molecule has 6 nitrogen and oxygen atoms in total.